The van der Waals surface area contributed by atoms with Crippen molar-refractivity contribution in [3.05, 3.63) is 0 Å². The van der Waals surface area contributed by atoms with Gasteiger partial charge in [-0.25, -0.2) is 0 Å². The minimum atomic E-state index is 0.600. The Balaban J connectivity index is 1.30. The predicted octanol–water partition coefficient (Wildman–Crippen LogP) is 7.49. The lowest BCUT2D eigenvalue weighted by atomic mass is 9.44. The van der Waals surface area contributed by atoms with Crippen LogP contribution in [0.3, 0.4) is 0 Å². The van der Waals surface area contributed by atoms with Crippen LogP contribution < -0.4 is 0 Å². The summed E-state index contributed by atoms with van der Waals surface area (Å²) in [6, 6.07) is 0. The maximum atomic E-state index is 6.10. The van der Waals surface area contributed by atoms with Crippen LogP contribution in [-0.2, 0) is 4.74 Å². The highest BCUT2D eigenvalue weighted by Gasteiger charge is 2.65. The summed E-state index contributed by atoms with van der Waals surface area (Å²) in [5, 5.41) is 0. The molecule has 5 rings (SSSR count). The summed E-state index contributed by atoms with van der Waals surface area (Å²) >= 11 is 0. The van der Waals surface area contributed by atoms with E-state index in [-0.39, 0.29) is 0 Å². The van der Waals surface area contributed by atoms with Crippen LogP contribution in [0.4, 0.5) is 0 Å². The molecule has 5 aliphatic rings. The van der Waals surface area contributed by atoms with Crippen LogP contribution in [-0.4, -0.2) is 12.2 Å². The zero-order chi connectivity index (χ0) is 19.7. The third-order valence-corrected chi connectivity index (χ3v) is 11.1. The number of rotatable bonds is 5. The first-order valence-electron chi connectivity index (χ1n) is 13.0. The molecule has 1 aliphatic heterocycles. The van der Waals surface area contributed by atoms with Gasteiger partial charge in [0.15, 0.2) is 0 Å². The van der Waals surface area contributed by atoms with Crippen LogP contribution in [0.1, 0.15) is 105 Å². The molecule has 0 radical (unpaired) electrons. The third kappa shape index (κ3) is 2.96. The Labute approximate surface area is 174 Å². The van der Waals surface area contributed by atoms with E-state index < -0.39 is 0 Å². The Kier molecular flexibility index (Phi) is 4.97. The van der Waals surface area contributed by atoms with Gasteiger partial charge < -0.3 is 4.74 Å². The quantitative estimate of drug-likeness (QED) is 0.446. The summed E-state index contributed by atoms with van der Waals surface area (Å²) in [7, 11) is 0. The maximum Gasteiger partial charge on any atom is 0.0875 e. The van der Waals surface area contributed by atoms with Crippen LogP contribution >= 0.6 is 0 Å². The van der Waals surface area contributed by atoms with Crippen LogP contribution in [0, 0.1) is 52.3 Å². The van der Waals surface area contributed by atoms with Gasteiger partial charge >= 0.3 is 0 Å². The molecular formula is C27H46O. The lowest BCUT2D eigenvalue weighted by Crippen LogP contribution is -2.54. The number of hydrogen-bond donors (Lipinski definition) is 0. The molecule has 1 heterocycles. The minimum Gasteiger partial charge on any atom is -0.369 e. The Hall–Kier alpha value is -0.0400. The summed E-state index contributed by atoms with van der Waals surface area (Å²) in [6.07, 6.45) is 17.6. The highest BCUT2D eigenvalue weighted by molar-refractivity contribution is 5.13. The van der Waals surface area contributed by atoms with Crippen molar-refractivity contribution < 1.29 is 4.74 Å². The molecule has 1 nitrogen and oxygen atoms in total. The largest absolute Gasteiger partial charge is 0.369 e. The molecule has 0 aromatic carbocycles. The van der Waals surface area contributed by atoms with Crippen LogP contribution in [0.5, 0.6) is 0 Å². The van der Waals surface area contributed by atoms with Crippen molar-refractivity contribution in [2.24, 2.45) is 52.3 Å². The molecule has 160 valence electrons. The number of epoxide rings is 1. The minimum absolute atomic E-state index is 0.600. The molecule has 4 saturated carbocycles. The smallest absolute Gasteiger partial charge is 0.0875 e. The van der Waals surface area contributed by atoms with E-state index in [2.05, 4.69) is 34.6 Å². The van der Waals surface area contributed by atoms with Gasteiger partial charge in [0.2, 0.25) is 0 Å². The van der Waals surface area contributed by atoms with E-state index in [1.165, 1.54) is 64.2 Å². The van der Waals surface area contributed by atoms with E-state index in [0.29, 0.717) is 23.0 Å². The first-order chi connectivity index (χ1) is 13.3. The molecular weight excluding hydrogens is 340 g/mol. The lowest BCUT2D eigenvalue weighted by molar-refractivity contribution is -0.111. The van der Waals surface area contributed by atoms with Crippen molar-refractivity contribution in [1.29, 1.82) is 0 Å². The Morgan fingerprint density at radius 1 is 0.786 bits per heavy atom. The molecule has 0 unspecified atom stereocenters. The number of hydrogen-bond acceptors (Lipinski definition) is 1. The molecule has 0 aromatic heterocycles. The van der Waals surface area contributed by atoms with Crippen molar-refractivity contribution in [3.63, 3.8) is 0 Å². The summed E-state index contributed by atoms with van der Waals surface area (Å²) in [4.78, 5) is 0. The molecule has 10 atom stereocenters. The van der Waals surface area contributed by atoms with Crippen molar-refractivity contribution in [2.45, 2.75) is 117 Å². The standard InChI is InChI=1S/C27H46O/c1-17(2)7-6-8-18(3)20-11-12-21-19-9-10-23-25-24(28-25)14-16-27(23,5)22(19)13-15-26(20,21)4/h17-25H,6-16H2,1-5H3/t18-,19-,20+,21-,22-,23+,24+,25+,26+,27-/m1/s1. The molecule has 0 bridgehead atoms. The van der Waals surface area contributed by atoms with Gasteiger partial charge in [-0.2, -0.15) is 0 Å². The van der Waals surface area contributed by atoms with Gasteiger partial charge in [-0.1, -0.05) is 53.9 Å². The van der Waals surface area contributed by atoms with E-state index in [1.807, 2.05) is 0 Å². The molecule has 5 fully saturated rings. The zero-order valence-corrected chi connectivity index (χ0v) is 19.4. The van der Waals surface area contributed by atoms with Gasteiger partial charge in [-0.3, -0.25) is 0 Å². The van der Waals surface area contributed by atoms with E-state index >= 15 is 0 Å². The first-order valence-corrected chi connectivity index (χ1v) is 13.0. The fourth-order valence-electron chi connectivity index (χ4n) is 9.62. The molecule has 0 spiro atoms. The fourth-order valence-corrected chi connectivity index (χ4v) is 9.62. The monoisotopic (exact) mass is 386 g/mol. The number of ether oxygens (including phenoxy) is 1. The molecule has 0 amide bonds. The Morgan fingerprint density at radius 2 is 1.50 bits per heavy atom. The first kappa shape index (κ1) is 19.9. The summed E-state index contributed by atoms with van der Waals surface area (Å²) in [5.41, 5.74) is 1.25. The Morgan fingerprint density at radius 3 is 2.29 bits per heavy atom. The van der Waals surface area contributed by atoms with Crippen molar-refractivity contribution in [3.8, 4) is 0 Å². The SMILES string of the molecule is CC(C)CCC[C@@H](C)[C@@H]1CC[C@@H]2[C@H]3CC[C@H]4[C@@H]5O[C@H]5CC[C@]4(C)[C@@H]3CC[C@]21C. The summed E-state index contributed by atoms with van der Waals surface area (Å²) in [6.45, 7) is 12.8. The average molecular weight is 387 g/mol. The molecule has 28 heavy (non-hydrogen) atoms. The lowest BCUT2D eigenvalue weighted by Gasteiger charge is -2.60. The third-order valence-electron chi connectivity index (χ3n) is 11.1. The van der Waals surface area contributed by atoms with Crippen LogP contribution in [0.2, 0.25) is 0 Å². The van der Waals surface area contributed by atoms with Gasteiger partial charge in [0.25, 0.3) is 0 Å². The number of fused-ring (bicyclic) bond motifs is 7. The van der Waals surface area contributed by atoms with Gasteiger partial charge in [0.05, 0.1) is 12.2 Å². The molecule has 1 heteroatoms. The topological polar surface area (TPSA) is 12.5 Å². The van der Waals surface area contributed by atoms with Crippen molar-refractivity contribution in [2.75, 3.05) is 0 Å². The predicted molar refractivity (Wildman–Crippen MR) is 117 cm³/mol. The highest BCUT2D eigenvalue weighted by atomic mass is 16.6. The molecule has 0 aromatic rings. The van der Waals surface area contributed by atoms with E-state index in [9.17, 15) is 0 Å². The van der Waals surface area contributed by atoms with Gasteiger partial charge in [-0.15, -0.1) is 0 Å². The highest BCUT2D eigenvalue weighted by Crippen LogP contribution is 2.69. The second kappa shape index (κ2) is 7.00. The molecule has 4 aliphatic carbocycles. The zero-order valence-electron chi connectivity index (χ0n) is 19.4. The van der Waals surface area contributed by atoms with Gasteiger partial charge in [0.1, 0.15) is 0 Å². The maximum absolute atomic E-state index is 6.10. The second-order valence-corrected chi connectivity index (χ2v) is 12.8. The van der Waals surface area contributed by atoms with E-state index in [0.717, 1.165) is 41.4 Å². The van der Waals surface area contributed by atoms with E-state index in [1.54, 1.807) is 6.42 Å². The molecule has 0 N–H and O–H groups in total. The van der Waals surface area contributed by atoms with E-state index in [4.69, 9.17) is 4.74 Å². The second-order valence-electron chi connectivity index (χ2n) is 12.8. The average Bonchev–Trinajstić information content (AvgIpc) is 3.34. The van der Waals surface area contributed by atoms with Gasteiger partial charge in [-0.05, 0) is 104 Å². The van der Waals surface area contributed by atoms with Crippen LogP contribution in [0.15, 0.2) is 0 Å². The van der Waals surface area contributed by atoms with Crippen molar-refractivity contribution in [1.82, 2.24) is 0 Å². The Bertz CT molecular complexity index is 583. The fraction of sp³-hybridized carbons (Fsp3) is 1.00. The normalized spacial score (nSPS) is 53.1. The van der Waals surface area contributed by atoms with Gasteiger partial charge in [0, 0.05) is 0 Å². The molecule has 1 saturated heterocycles. The van der Waals surface area contributed by atoms with Crippen molar-refractivity contribution >= 4 is 0 Å². The summed E-state index contributed by atoms with van der Waals surface area (Å²) in [5.74, 6) is 6.76. The summed E-state index contributed by atoms with van der Waals surface area (Å²) < 4.78 is 6.10. The van der Waals surface area contributed by atoms with Crippen LogP contribution in [0.25, 0.3) is 0 Å².